The molecule has 0 atom stereocenters. The van der Waals surface area contributed by atoms with E-state index in [1.165, 1.54) is 25.1 Å². The smallest absolute Gasteiger partial charge is 0.139 e. The summed E-state index contributed by atoms with van der Waals surface area (Å²) in [7, 11) is 1.70. The molecule has 1 fully saturated rings. The molecule has 0 aliphatic heterocycles. The predicted octanol–water partition coefficient (Wildman–Crippen LogP) is 8.37. The highest BCUT2D eigenvalue weighted by Gasteiger charge is 2.20. The fourth-order valence-corrected chi connectivity index (χ4v) is 5.37. The molecule has 0 amide bonds. The van der Waals surface area contributed by atoms with Crippen molar-refractivity contribution in [2.75, 3.05) is 23.0 Å². The maximum absolute atomic E-state index is 16.1. The number of aromatic nitrogens is 3. The van der Waals surface area contributed by atoms with Crippen molar-refractivity contribution < 1.29 is 8.78 Å². The molecule has 1 aliphatic rings. The van der Waals surface area contributed by atoms with Gasteiger partial charge in [0.25, 0.3) is 0 Å². The van der Waals surface area contributed by atoms with E-state index in [0.29, 0.717) is 51.1 Å². The molecule has 0 spiro atoms. The lowest BCUT2D eigenvalue weighted by Crippen LogP contribution is -2.10. The van der Waals surface area contributed by atoms with Crippen LogP contribution < -0.4 is 16.0 Å². The molecule has 0 unspecified atom stereocenters. The first-order valence-corrected chi connectivity index (χ1v) is 14.1. The van der Waals surface area contributed by atoms with Crippen molar-refractivity contribution in [1.82, 2.24) is 15.0 Å². The molecule has 0 saturated heterocycles. The summed E-state index contributed by atoms with van der Waals surface area (Å²) >= 11 is 0. The van der Waals surface area contributed by atoms with Gasteiger partial charge in [0.15, 0.2) is 0 Å². The van der Waals surface area contributed by atoms with E-state index in [0.717, 1.165) is 29.8 Å². The Bertz CT molecular complexity index is 1640. The standard InChI is InChI=1S/C33H34F2N6.C2H2/c1-20(40-30-13-14-38-32(21(30)2)26-11-7-8-12-29(26)34)15-27-31(35)28(19-39-33(27)36-4)24-16-25(18-37-17-24)41-22(3)23-9-5-6-10-23;1-2/h7-8,11-14,16-19,23,41H,1,3,5-6,9-10,15H2,2,4H3,(H,36,39)(H,38,40);1-2H. The molecule has 0 bridgehead atoms. The topological polar surface area (TPSA) is 74.8 Å². The molecular weight excluding hydrogens is 542 g/mol. The summed E-state index contributed by atoms with van der Waals surface area (Å²) in [5.74, 6) is 0.118. The Balaban J connectivity index is 0.00000207. The van der Waals surface area contributed by atoms with Crippen LogP contribution in [-0.2, 0) is 6.42 Å². The van der Waals surface area contributed by atoms with Crippen LogP contribution in [0.3, 0.4) is 0 Å². The summed E-state index contributed by atoms with van der Waals surface area (Å²) < 4.78 is 30.5. The zero-order valence-corrected chi connectivity index (χ0v) is 24.6. The summed E-state index contributed by atoms with van der Waals surface area (Å²) in [5, 5.41) is 9.63. The molecule has 1 aliphatic carbocycles. The second-order valence-electron chi connectivity index (χ2n) is 10.4. The van der Waals surface area contributed by atoms with E-state index in [-0.39, 0.29) is 12.2 Å². The molecule has 3 heterocycles. The van der Waals surface area contributed by atoms with Gasteiger partial charge >= 0.3 is 0 Å². The minimum absolute atomic E-state index is 0.170. The van der Waals surface area contributed by atoms with Crippen LogP contribution in [0.4, 0.5) is 26.0 Å². The average Bonchev–Trinajstić information content (AvgIpc) is 3.56. The van der Waals surface area contributed by atoms with E-state index in [4.69, 9.17) is 0 Å². The quantitative estimate of drug-likeness (QED) is 0.164. The van der Waals surface area contributed by atoms with Crippen molar-refractivity contribution in [2.24, 2.45) is 5.92 Å². The van der Waals surface area contributed by atoms with E-state index in [2.05, 4.69) is 56.9 Å². The van der Waals surface area contributed by atoms with Crippen LogP contribution >= 0.6 is 0 Å². The van der Waals surface area contributed by atoms with Gasteiger partial charge in [0.05, 0.1) is 17.6 Å². The highest BCUT2D eigenvalue weighted by atomic mass is 19.1. The van der Waals surface area contributed by atoms with Crippen molar-refractivity contribution >= 4 is 17.2 Å². The number of halogens is 2. The Labute approximate surface area is 252 Å². The van der Waals surface area contributed by atoms with E-state index >= 15 is 4.39 Å². The number of nitrogens with one attached hydrogen (secondary N) is 3. The molecule has 220 valence electrons. The fraction of sp³-hybridized carbons (Fsp3) is 0.229. The van der Waals surface area contributed by atoms with Crippen LogP contribution in [-0.4, -0.2) is 22.0 Å². The van der Waals surface area contributed by atoms with Gasteiger partial charge in [-0.3, -0.25) is 9.97 Å². The number of hydrogen-bond donors (Lipinski definition) is 3. The third-order valence-electron chi connectivity index (χ3n) is 7.58. The highest BCUT2D eigenvalue weighted by Crippen LogP contribution is 2.34. The first-order chi connectivity index (χ1) is 20.9. The number of nitrogens with zero attached hydrogens (tertiary/aromatic N) is 3. The van der Waals surface area contributed by atoms with Crippen LogP contribution in [0, 0.1) is 37.3 Å². The van der Waals surface area contributed by atoms with Crippen LogP contribution in [0.15, 0.2) is 85.7 Å². The normalized spacial score (nSPS) is 12.6. The van der Waals surface area contributed by atoms with Gasteiger partial charge in [-0.1, -0.05) is 38.1 Å². The van der Waals surface area contributed by atoms with Gasteiger partial charge in [-0.25, -0.2) is 13.8 Å². The van der Waals surface area contributed by atoms with Gasteiger partial charge in [0, 0.05) is 71.4 Å². The molecule has 5 rings (SSSR count). The van der Waals surface area contributed by atoms with E-state index in [1.54, 1.807) is 49.9 Å². The number of benzene rings is 1. The van der Waals surface area contributed by atoms with Gasteiger partial charge in [-0.15, -0.1) is 12.8 Å². The first kappa shape index (κ1) is 30.9. The first-order valence-electron chi connectivity index (χ1n) is 14.1. The van der Waals surface area contributed by atoms with Crippen molar-refractivity contribution in [3.05, 3.63) is 108 Å². The maximum atomic E-state index is 16.1. The SMILES string of the molecule is C#C.C=C(Cc1c(NC)ncc(-c2cncc(NC(=C)C3CCCC3)c2)c1F)Nc1ccnc(-c2ccccc2F)c1C. The van der Waals surface area contributed by atoms with Crippen molar-refractivity contribution in [3.63, 3.8) is 0 Å². The van der Waals surface area contributed by atoms with E-state index in [1.807, 2.05) is 13.0 Å². The van der Waals surface area contributed by atoms with Gasteiger partial charge in [0.2, 0.25) is 0 Å². The van der Waals surface area contributed by atoms with Crippen molar-refractivity contribution in [1.29, 1.82) is 0 Å². The molecule has 1 saturated carbocycles. The summed E-state index contributed by atoms with van der Waals surface area (Å²) in [4.78, 5) is 13.2. The zero-order chi connectivity index (χ0) is 30.9. The highest BCUT2D eigenvalue weighted by molar-refractivity contribution is 5.72. The lowest BCUT2D eigenvalue weighted by molar-refractivity contribution is 0.615. The Morgan fingerprint density at radius 2 is 1.72 bits per heavy atom. The second-order valence-corrected chi connectivity index (χ2v) is 10.4. The molecule has 8 heteroatoms. The summed E-state index contributed by atoms with van der Waals surface area (Å²) in [6.07, 6.45) is 19.3. The lowest BCUT2D eigenvalue weighted by atomic mass is 10.0. The Hall–Kier alpha value is -5.03. The molecule has 0 radical (unpaired) electrons. The van der Waals surface area contributed by atoms with E-state index in [9.17, 15) is 4.39 Å². The fourth-order valence-electron chi connectivity index (χ4n) is 5.37. The molecule has 3 N–H and O–H groups in total. The molecule has 3 aromatic heterocycles. The lowest BCUT2D eigenvalue weighted by Gasteiger charge is -2.18. The third-order valence-corrected chi connectivity index (χ3v) is 7.58. The van der Waals surface area contributed by atoms with Crippen molar-refractivity contribution in [2.45, 2.75) is 39.0 Å². The number of anilines is 3. The van der Waals surface area contributed by atoms with Gasteiger partial charge in [-0.05, 0) is 55.5 Å². The number of terminal acetylenes is 1. The van der Waals surface area contributed by atoms with Crippen LogP contribution in [0.25, 0.3) is 22.4 Å². The summed E-state index contributed by atoms with van der Waals surface area (Å²) in [6.45, 7) is 10.2. The minimum Gasteiger partial charge on any atom is -0.373 e. The number of hydrogen-bond acceptors (Lipinski definition) is 6. The van der Waals surface area contributed by atoms with E-state index < -0.39 is 5.82 Å². The molecule has 4 aromatic rings. The molecule has 43 heavy (non-hydrogen) atoms. The third kappa shape index (κ3) is 7.07. The van der Waals surface area contributed by atoms with Crippen LogP contribution in [0.1, 0.15) is 36.8 Å². The van der Waals surface area contributed by atoms with Crippen molar-refractivity contribution in [3.8, 4) is 35.2 Å². The molecule has 6 nitrogen and oxygen atoms in total. The zero-order valence-electron chi connectivity index (χ0n) is 24.6. The second kappa shape index (κ2) is 14.2. The van der Waals surface area contributed by atoms with Crippen LogP contribution in [0.5, 0.6) is 0 Å². The minimum atomic E-state index is -0.403. The number of allylic oxidation sites excluding steroid dienone is 2. The predicted molar refractivity (Wildman–Crippen MR) is 172 cm³/mol. The monoisotopic (exact) mass is 578 g/mol. The Morgan fingerprint density at radius 3 is 2.44 bits per heavy atom. The average molecular weight is 579 g/mol. The molecular formula is C35H36F2N6. The number of rotatable bonds is 10. The maximum Gasteiger partial charge on any atom is 0.139 e. The number of pyridine rings is 3. The largest absolute Gasteiger partial charge is 0.373 e. The summed E-state index contributed by atoms with van der Waals surface area (Å²) in [5.41, 5.74) is 6.03. The van der Waals surface area contributed by atoms with Crippen LogP contribution in [0.2, 0.25) is 0 Å². The van der Waals surface area contributed by atoms with Gasteiger partial charge in [-0.2, -0.15) is 0 Å². The van der Waals surface area contributed by atoms with Gasteiger partial charge < -0.3 is 16.0 Å². The summed E-state index contributed by atoms with van der Waals surface area (Å²) in [6, 6.07) is 10.2. The molecule has 1 aromatic carbocycles. The Kier molecular flexibility index (Phi) is 10.2. The Morgan fingerprint density at radius 1 is 0.977 bits per heavy atom. The van der Waals surface area contributed by atoms with Gasteiger partial charge in [0.1, 0.15) is 17.5 Å².